The summed E-state index contributed by atoms with van der Waals surface area (Å²) in [5, 5.41) is 19.2. The average molecular weight is 300 g/mol. The standard InChI is InChI=1S/C16H16N2O4/c19-10-9-17-11-13-3-7-16(8-4-13)22-12-14-1-5-15(6-2-14)18(20)21/h1-8,11,19H,9-10,12H2/b17-11+. The van der Waals surface area contributed by atoms with E-state index < -0.39 is 4.92 Å². The number of nitro groups is 1. The van der Waals surface area contributed by atoms with Gasteiger partial charge in [0.2, 0.25) is 0 Å². The monoisotopic (exact) mass is 300 g/mol. The molecule has 2 rings (SSSR count). The molecule has 0 saturated heterocycles. The number of hydrogen-bond donors (Lipinski definition) is 1. The summed E-state index contributed by atoms with van der Waals surface area (Å²) < 4.78 is 5.62. The Morgan fingerprint density at radius 1 is 1.14 bits per heavy atom. The molecule has 0 aliphatic heterocycles. The van der Waals surface area contributed by atoms with Crippen LogP contribution in [0, 0.1) is 10.1 Å². The molecule has 1 N–H and O–H groups in total. The first-order valence-corrected chi connectivity index (χ1v) is 6.76. The van der Waals surface area contributed by atoms with E-state index in [1.807, 2.05) is 24.3 Å². The second-order valence-corrected chi connectivity index (χ2v) is 4.54. The number of nitrogens with zero attached hydrogens (tertiary/aromatic N) is 2. The van der Waals surface area contributed by atoms with Gasteiger partial charge < -0.3 is 9.84 Å². The van der Waals surface area contributed by atoms with E-state index in [2.05, 4.69) is 4.99 Å². The van der Waals surface area contributed by atoms with Crippen LogP contribution in [0.4, 0.5) is 5.69 Å². The fourth-order valence-electron chi connectivity index (χ4n) is 1.76. The average Bonchev–Trinajstić information content (AvgIpc) is 2.55. The van der Waals surface area contributed by atoms with E-state index in [0.717, 1.165) is 11.1 Å². The number of aliphatic hydroxyl groups is 1. The fourth-order valence-corrected chi connectivity index (χ4v) is 1.76. The van der Waals surface area contributed by atoms with E-state index >= 15 is 0 Å². The number of ether oxygens (including phenoxy) is 1. The highest BCUT2D eigenvalue weighted by Gasteiger charge is 2.04. The number of non-ortho nitro benzene ring substituents is 1. The molecule has 6 nitrogen and oxygen atoms in total. The van der Waals surface area contributed by atoms with Crippen LogP contribution in [0.15, 0.2) is 53.5 Å². The molecule has 0 bridgehead atoms. The summed E-state index contributed by atoms with van der Waals surface area (Å²) >= 11 is 0. The summed E-state index contributed by atoms with van der Waals surface area (Å²) in [6, 6.07) is 13.6. The molecule has 0 fully saturated rings. The Balaban J connectivity index is 1.90. The third kappa shape index (κ3) is 4.68. The highest BCUT2D eigenvalue weighted by atomic mass is 16.6. The van der Waals surface area contributed by atoms with Crippen molar-refractivity contribution in [2.24, 2.45) is 4.99 Å². The highest BCUT2D eigenvalue weighted by molar-refractivity contribution is 5.79. The van der Waals surface area contributed by atoms with Gasteiger partial charge in [-0.15, -0.1) is 0 Å². The molecule has 6 heteroatoms. The second-order valence-electron chi connectivity index (χ2n) is 4.54. The molecule has 0 radical (unpaired) electrons. The number of nitro benzene ring substituents is 1. The highest BCUT2D eigenvalue weighted by Crippen LogP contribution is 2.16. The molecule has 0 unspecified atom stereocenters. The normalized spacial score (nSPS) is 10.8. The predicted molar refractivity (Wildman–Crippen MR) is 83.4 cm³/mol. The van der Waals surface area contributed by atoms with E-state index in [1.165, 1.54) is 12.1 Å². The molecule has 114 valence electrons. The van der Waals surface area contributed by atoms with Crippen molar-refractivity contribution in [1.29, 1.82) is 0 Å². The van der Waals surface area contributed by atoms with Gasteiger partial charge in [-0.05, 0) is 47.5 Å². The topological polar surface area (TPSA) is 85.0 Å². The summed E-state index contributed by atoms with van der Waals surface area (Å²) in [5.74, 6) is 0.706. The molecule has 0 aromatic heterocycles. The Morgan fingerprint density at radius 3 is 2.41 bits per heavy atom. The van der Waals surface area contributed by atoms with Crippen LogP contribution in [0.3, 0.4) is 0 Å². The van der Waals surface area contributed by atoms with E-state index in [0.29, 0.717) is 18.9 Å². The number of benzene rings is 2. The van der Waals surface area contributed by atoms with Gasteiger partial charge in [0.05, 0.1) is 18.1 Å². The molecule has 0 spiro atoms. The van der Waals surface area contributed by atoms with E-state index in [9.17, 15) is 10.1 Å². The summed E-state index contributed by atoms with van der Waals surface area (Å²) in [4.78, 5) is 14.2. The Kier molecular flexibility index (Phi) is 5.62. The van der Waals surface area contributed by atoms with Gasteiger partial charge in [-0.2, -0.15) is 0 Å². The first-order valence-electron chi connectivity index (χ1n) is 6.76. The minimum Gasteiger partial charge on any atom is -0.489 e. The van der Waals surface area contributed by atoms with Crippen molar-refractivity contribution in [2.45, 2.75) is 6.61 Å². The van der Waals surface area contributed by atoms with Crippen LogP contribution in [-0.4, -0.2) is 29.4 Å². The Hall–Kier alpha value is -2.73. The molecule has 0 amide bonds. The maximum Gasteiger partial charge on any atom is 0.269 e. The quantitative estimate of drug-likeness (QED) is 0.484. The van der Waals surface area contributed by atoms with Crippen LogP contribution in [0.2, 0.25) is 0 Å². The zero-order valence-electron chi connectivity index (χ0n) is 11.9. The zero-order chi connectivity index (χ0) is 15.8. The molecule has 0 aliphatic rings. The fraction of sp³-hybridized carbons (Fsp3) is 0.188. The van der Waals surface area contributed by atoms with Gasteiger partial charge in [0.1, 0.15) is 12.4 Å². The Labute approximate surface area is 127 Å². The largest absolute Gasteiger partial charge is 0.489 e. The van der Waals surface area contributed by atoms with Gasteiger partial charge >= 0.3 is 0 Å². The number of aliphatic hydroxyl groups excluding tert-OH is 1. The molecule has 2 aromatic rings. The number of hydrogen-bond acceptors (Lipinski definition) is 5. The van der Waals surface area contributed by atoms with E-state index in [4.69, 9.17) is 9.84 Å². The third-order valence-corrected chi connectivity index (χ3v) is 2.90. The molecule has 2 aromatic carbocycles. The lowest BCUT2D eigenvalue weighted by Gasteiger charge is -2.06. The number of aliphatic imine (C=N–C) groups is 1. The van der Waals surface area contributed by atoms with Gasteiger partial charge in [0.15, 0.2) is 0 Å². The maximum atomic E-state index is 10.6. The van der Waals surface area contributed by atoms with Crippen LogP contribution in [0.25, 0.3) is 0 Å². The van der Waals surface area contributed by atoms with Gasteiger partial charge in [-0.3, -0.25) is 15.1 Å². The van der Waals surface area contributed by atoms with Gasteiger partial charge in [0, 0.05) is 18.3 Å². The maximum absolute atomic E-state index is 10.6. The predicted octanol–water partition coefficient (Wildman–Crippen LogP) is 2.59. The molecule has 22 heavy (non-hydrogen) atoms. The van der Waals surface area contributed by atoms with Crippen molar-refractivity contribution in [3.8, 4) is 5.75 Å². The summed E-state index contributed by atoms with van der Waals surface area (Å²) in [7, 11) is 0. The smallest absolute Gasteiger partial charge is 0.269 e. The first-order chi connectivity index (χ1) is 10.7. The van der Waals surface area contributed by atoms with E-state index in [1.54, 1.807) is 18.3 Å². The van der Waals surface area contributed by atoms with Crippen molar-refractivity contribution in [3.05, 3.63) is 69.8 Å². The third-order valence-electron chi connectivity index (χ3n) is 2.90. The summed E-state index contributed by atoms with van der Waals surface area (Å²) in [6.45, 7) is 0.765. The van der Waals surface area contributed by atoms with Crippen molar-refractivity contribution in [1.82, 2.24) is 0 Å². The van der Waals surface area contributed by atoms with Crippen molar-refractivity contribution >= 4 is 11.9 Å². The molecule has 0 atom stereocenters. The zero-order valence-corrected chi connectivity index (χ0v) is 11.9. The first kappa shape index (κ1) is 15.7. The number of rotatable bonds is 7. The molecule has 0 aliphatic carbocycles. The van der Waals surface area contributed by atoms with Crippen LogP contribution in [0.1, 0.15) is 11.1 Å². The minimum atomic E-state index is -0.429. The lowest BCUT2D eigenvalue weighted by atomic mass is 10.2. The van der Waals surface area contributed by atoms with Gasteiger partial charge in [-0.25, -0.2) is 0 Å². The Morgan fingerprint density at radius 2 is 1.82 bits per heavy atom. The lowest BCUT2D eigenvalue weighted by Crippen LogP contribution is -1.96. The van der Waals surface area contributed by atoms with Crippen LogP contribution in [-0.2, 0) is 6.61 Å². The van der Waals surface area contributed by atoms with Crippen LogP contribution < -0.4 is 4.74 Å². The van der Waals surface area contributed by atoms with E-state index in [-0.39, 0.29) is 12.3 Å². The second kappa shape index (κ2) is 7.90. The van der Waals surface area contributed by atoms with Crippen LogP contribution in [0.5, 0.6) is 5.75 Å². The van der Waals surface area contributed by atoms with Gasteiger partial charge in [0.25, 0.3) is 5.69 Å². The molecule has 0 heterocycles. The Bertz CT molecular complexity index is 636. The van der Waals surface area contributed by atoms with Crippen molar-refractivity contribution in [2.75, 3.05) is 13.2 Å². The van der Waals surface area contributed by atoms with Crippen molar-refractivity contribution < 1.29 is 14.8 Å². The minimum absolute atomic E-state index is 0.0347. The van der Waals surface area contributed by atoms with Crippen molar-refractivity contribution in [3.63, 3.8) is 0 Å². The lowest BCUT2D eigenvalue weighted by molar-refractivity contribution is -0.384. The summed E-state index contributed by atoms with van der Waals surface area (Å²) in [6.07, 6.45) is 1.69. The molecular weight excluding hydrogens is 284 g/mol. The molecular formula is C16H16N2O4. The summed E-state index contributed by atoms with van der Waals surface area (Å²) in [5.41, 5.74) is 1.85. The SMILES string of the molecule is O=[N+]([O-])c1ccc(COc2ccc(/C=N/CCO)cc2)cc1. The van der Waals surface area contributed by atoms with Crippen LogP contribution >= 0.6 is 0 Å². The molecule has 0 saturated carbocycles. The van der Waals surface area contributed by atoms with Gasteiger partial charge in [-0.1, -0.05) is 0 Å².